The molecule has 0 bridgehead atoms. The van der Waals surface area contributed by atoms with Crippen LogP contribution in [0.25, 0.3) is 5.69 Å². The van der Waals surface area contributed by atoms with Crippen molar-refractivity contribution in [3.8, 4) is 11.4 Å². The minimum atomic E-state index is -0.597. The van der Waals surface area contributed by atoms with Gasteiger partial charge in [0.2, 0.25) is 0 Å². The van der Waals surface area contributed by atoms with E-state index in [9.17, 15) is 14.5 Å². The Morgan fingerprint density at radius 3 is 2.47 bits per heavy atom. The lowest BCUT2D eigenvalue weighted by Crippen LogP contribution is -2.12. The molecule has 0 saturated carbocycles. The number of halogens is 1. The van der Waals surface area contributed by atoms with Gasteiger partial charge < -0.3 is 4.74 Å². The minimum absolute atomic E-state index is 0.0576. The summed E-state index contributed by atoms with van der Waals surface area (Å²) in [6, 6.07) is 22.2. The summed E-state index contributed by atoms with van der Waals surface area (Å²) in [7, 11) is 0. The van der Waals surface area contributed by atoms with E-state index in [1.54, 1.807) is 43.3 Å². The molecule has 0 fully saturated rings. The molecular formula is C23H19FN4O3S. The van der Waals surface area contributed by atoms with E-state index >= 15 is 0 Å². The Bertz CT molecular complexity index is 1230. The third kappa shape index (κ3) is 4.62. The van der Waals surface area contributed by atoms with Gasteiger partial charge in [-0.25, -0.2) is 4.39 Å². The zero-order valence-electron chi connectivity index (χ0n) is 17.1. The Balaban J connectivity index is 1.66. The molecule has 0 saturated heterocycles. The summed E-state index contributed by atoms with van der Waals surface area (Å²) in [5, 5.41) is 20.5. The van der Waals surface area contributed by atoms with Crippen molar-refractivity contribution in [2.75, 3.05) is 0 Å². The van der Waals surface area contributed by atoms with Crippen molar-refractivity contribution in [3.63, 3.8) is 0 Å². The van der Waals surface area contributed by atoms with Crippen molar-refractivity contribution in [2.45, 2.75) is 23.9 Å². The molecule has 1 heterocycles. The van der Waals surface area contributed by atoms with Crippen LogP contribution in [0.2, 0.25) is 0 Å². The van der Waals surface area contributed by atoms with Crippen molar-refractivity contribution in [1.29, 1.82) is 0 Å². The van der Waals surface area contributed by atoms with Gasteiger partial charge in [0.05, 0.1) is 4.92 Å². The van der Waals surface area contributed by atoms with Crippen molar-refractivity contribution in [1.82, 2.24) is 14.8 Å². The molecule has 1 aromatic heterocycles. The Labute approximate surface area is 188 Å². The van der Waals surface area contributed by atoms with E-state index in [0.29, 0.717) is 22.3 Å². The summed E-state index contributed by atoms with van der Waals surface area (Å²) in [4.78, 5) is 10.9. The number of para-hydroxylation sites is 3. The molecular weight excluding hydrogens is 431 g/mol. The summed E-state index contributed by atoms with van der Waals surface area (Å²) >= 11 is 1.33. The van der Waals surface area contributed by atoms with Gasteiger partial charge in [-0.2, -0.15) is 0 Å². The second kappa shape index (κ2) is 9.61. The maximum absolute atomic E-state index is 14.1. The number of hydrogen-bond acceptors (Lipinski definition) is 6. The maximum Gasteiger partial charge on any atom is 0.273 e. The lowest BCUT2D eigenvalue weighted by atomic mass is 10.2. The van der Waals surface area contributed by atoms with Crippen LogP contribution in [0.5, 0.6) is 5.75 Å². The normalized spacial score (nSPS) is 11.8. The summed E-state index contributed by atoms with van der Waals surface area (Å²) in [5.41, 5.74) is 1.45. The number of nitro groups is 1. The molecule has 3 aromatic carbocycles. The van der Waals surface area contributed by atoms with Crippen molar-refractivity contribution < 1.29 is 14.1 Å². The number of benzene rings is 3. The standard InChI is InChI=1S/C23H19FN4O3S/c1-16(31-21-14-8-6-12-19(21)24)22-25-26-23(27(22)18-10-3-2-4-11-18)32-15-17-9-5-7-13-20(17)28(29)30/h2-14,16H,15H2,1H3. The van der Waals surface area contributed by atoms with E-state index in [1.807, 2.05) is 34.9 Å². The zero-order chi connectivity index (χ0) is 22.5. The van der Waals surface area contributed by atoms with Crippen LogP contribution in [0.3, 0.4) is 0 Å². The summed E-state index contributed by atoms with van der Waals surface area (Å²) in [5.74, 6) is 0.488. The van der Waals surface area contributed by atoms with E-state index < -0.39 is 16.8 Å². The van der Waals surface area contributed by atoms with Gasteiger partial charge in [0.15, 0.2) is 28.7 Å². The first-order valence-electron chi connectivity index (χ1n) is 9.81. The zero-order valence-corrected chi connectivity index (χ0v) is 17.9. The molecule has 0 radical (unpaired) electrons. The molecule has 1 atom stereocenters. The van der Waals surface area contributed by atoms with Crippen molar-refractivity contribution in [2.24, 2.45) is 0 Å². The van der Waals surface area contributed by atoms with Gasteiger partial charge >= 0.3 is 0 Å². The predicted molar refractivity (Wildman–Crippen MR) is 119 cm³/mol. The first-order valence-corrected chi connectivity index (χ1v) is 10.8. The van der Waals surface area contributed by atoms with Crippen LogP contribution in [0.15, 0.2) is 84.0 Å². The lowest BCUT2D eigenvalue weighted by molar-refractivity contribution is -0.385. The molecule has 0 aliphatic rings. The van der Waals surface area contributed by atoms with E-state index in [-0.39, 0.29) is 11.4 Å². The van der Waals surface area contributed by atoms with Crippen LogP contribution in [0.4, 0.5) is 10.1 Å². The largest absolute Gasteiger partial charge is 0.480 e. The van der Waals surface area contributed by atoms with Crippen LogP contribution in [0, 0.1) is 15.9 Å². The van der Waals surface area contributed by atoms with Crippen LogP contribution in [-0.2, 0) is 5.75 Å². The highest BCUT2D eigenvalue weighted by molar-refractivity contribution is 7.98. The van der Waals surface area contributed by atoms with Gasteiger partial charge in [0, 0.05) is 23.1 Å². The van der Waals surface area contributed by atoms with Gasteiger partial charge in [0.25, 0.3) is 5.69 Å². The SMILES string of the molecule is CC(Oc1ccccc1F)c1nnc(SCc2ccccc2[N+](=O)[O-])n1-c1ccccc1. The molecule has 32 heavy (non-hydrogen) atoms. The first kappa shape index (κ1) is 21.5. The third-order valence-electron chi connectivity index (χ3n) is 4.72. The molecule has 4 rings (SSSR count). The van der Waals surface area contributed by atoms with Crippen LogP contribution < -0.4 is 4.74 Å². The van der Waals surface area contributed by atoms with Gasteiger partial charge in [-0.05, 0) is 31.2 Å². The minimum Gasteiger partial charge on any atom is -0.480 e. The molecule has 0 aliphatic carbocycles. The number of nitrogens with zero attached hydrogens (tertiary/aromatic N) is 4. The number of rotatable bonds is 8. The topological polar surface area (TPSA) is 83.1 Å². The number of aromatic nitrogens is 3. The number of nitro benzene ring substituents is 1. The average molecular weight is 450 g/mol. The molecule has 0 N–H and O–H groups in total. The van der Waals surface area contributed by atoms with Gasteiger partial charge in [-0.1, -0.05) is 60.3 Å². The van der Waals surface area contributed by atoms with E-state index in [4.69, 9.17) is 4.74 Å². The van der Waals surface area contributed by atoms with Crippen molar-refractivity contribution in [3.05, 3.63) is 106 Å². The summed E-state index contributed by atoms with van der Waals surface area (Å²) in [6.07, 6.45) is -0.597. The summed E-state index contributed by atoms with van der Waals surface area (Å²) in [6.45, 7) is 1.77. The third-order valence-corrected chi connectivity index (χ3v) is 5.70. The van der Waals surface area contributed by atoms with Crippen LogP contribution in [-0.4, -0.2) is 19.7 Å². The van der Waals surface area contributed by atoms with Crippen LogP contribution >= 0.6 is 11.8 Å². The molecule has 7 nitrogen and oxygen atoms in total. The summed E-state index contributed by atoms with van der Waals surface area (Å²) < 4.78 is 21.7. The monoisotopic (exact) mass is 450 g/mol. The van der Waals surface area contributed by atoms with Crippen molar-refractivity contribution >= 4 is 17.4 Å². The molecule has 0 aliphatic heterocycles. The fourth-order valence-electron chi connectivity index (χ4n) is 3.19. The maximum atomic E-state index is 14.1. The van der Waals surface area contributed by atoms with Gasteiger partial charge in [-0.15, -0.1) is 10.2 Å². The fraction of sp³-hybridized carbons (Fsp3) is 0.130. The Kier molecular flexibility index (Phi) is 6.46. The second-order valence-corrected chi connectivity index (χ2v) is 7.82. The molecule has 162 valence electrons. The van der Waals surface area contributed by atoms with E-state index in [2.05, 4.69) is 10.2 Å². The molecule has 9 heteroatoms. The Morgan fingerprint density at radius 2 is 1.72 bits per heavy atom. The van der Waals surface area contributed by atoms with E-state index in [0.717, 1.165) is 5.69 Å². The van der Waals surface area contributed by atoms with Gasteiger partial charge in [-0.3, -0.25) is 14.7 Å². The highest BCUT2D eigenvalue weighted by Gasteiger charge is 2.22. The highest BCUT2D eigenvalue weighted by Crippen LogP contribution is 2.31. The Morgan fingerprint density at radius 1 is 1.03 bits per heavy atom. The molecule has 0 spiro atoms. The highest BCUT2D eigenvalue weighted by atomic mass is 32.2. The molecule has 0 amide bonds. The second-order valence-electron chi connectivity index (χ2n) is 6.88. The molecule has 1 unspecified atom stereocenters. The smallest absolute Gasteiger partial charge is 0.273 e. The lowest BCUT2D eigenvalue weighted by Gasteiger charge is -2.17. The fourth-order valence-corrected chi connectivity index (χ4v) is 4.15. The number of ether oxygens (including phenoxy) is 1. The van der Waals surface area contributed by atoms with E-state index in [1.165, 1.54) is 23.9 Å². The van der Waals surface area contributed by atoms with Crippen LogP contribution in [0.1, 0.15) is 24.4 Å². The number of hydrogen-bond donors (Lipinski definition) is 0. The van der Waals surface area contributed by atoms with Gasteiger partial charge in [0.1, 0.15) is 0 Å². The first-order chi connectivity index (χ1) is 15.5. The predicted octanol–water partition coefficient (Wildman–Crippen LogP) is 5.75. The average Bonchev–Trinajstić information content (AvgIpc) is 3.24. The molecule has 4 aromatic rings. The Hall–Kier alpha value is -3.72. The quantitative estimate of drug-likeness (QED) is 0.193. The number of thioether (sulfide) groups is 1.